The van der Waals surface area contributed by atoms with Crippen molar-refractivity contribution in [1.29, 1.82) is 0 Å². The fraction of sp³-hybridized carbons (Fsp3) is 0.800. The molecule has 0 aromatic carbocycles. The highest BCUT2D eigenvalue weighted by Crippen LogP contribution is 2.28. The Balaban J connectivity index is 2.05. The maximum Gasteiger partial charge on any atom is 0.202 e. The summed E-state index contributed by atoms with van der Waals surface area (Å²) in [6, 6.07) is 0.803. The normalized spacial score (nSPS) is 22.6. The number of nitrogens with one attached hydrogen (secondary N) is 1. The summed E-state index contributed by atoms with van der Waals surface area (Å²) in [5.74, 6) is 3.30. The van der Waals surface area contributed by atoms with Gasteiger partial charge in [0.15, 0.2) is 5.82 Å². The number of anilines is 1. The van der Waals surface area contributed by atoms with Gasteiger partial charge in [0.1, 0.15) is 0 Å². The predicted molar refractivity (Wildman–Crippen MR) is 71.4 cm³/mol. The van der Waals surface area contributed by atoms with Crippen molar-refractivity contribution in [1.82, 2.24) is 14.3 Å². The maximum atomic E-state index is 4.57. The topological polar surface area (TPSA) is 41.1 Å². The first-order chi connectivity index (χ1) is 7.66. The molecule has 1 aliphatic heterocycles. The average Bonchev–Trinajstić information content (AvgIpc) is 2.66. The van der Waals surface area contributed by atoms with Crippen LogP contribution in [-0.2, 0) is 0 Å². The molecule has 90 valence electrons. The lowest BCUT2D eigenvalue weighted by atomic mass is 10.3. The van der Waals surface area contributed by atoms with Crippen molar-refractivity contribution >= 4 is 28.4 Å². The van der Waals surface area contributed by atoms with Crippen LogP contribution in [0.5, 0.6) is 0 Å². The third kappa shape index (κ3) is 2.87. The van der Waals surface area contributed by atoms with Gasteiger partial charge in [0.25, 0.3) is 0 Å². The Morgan fingerprint density at radius 2 is 2.31 bits per heavy atom. The molecule has 0 spiro atoms. The summed E-state index contributed by atoms with van der Waals surface area (Å²) in [7, 11) is 2.15. The Morgan fingerprint density at radius 3 is 3.00 bits per heavy atom. The van der Waals surface area contributed by atoms with E-state index in [0.717, 1.165) is 23.3 Å². The van der Waals surface area contributed by atoms with Gasteiger partial charge in [-0.1, -0.05) is 0 Å². The van der Waals surface area contributed by atoms with Gasteiger partial charge in [-0.2, -0.15) is 16.1 Å². The Morgan fingerprint density at radius 1 is 1.50 bits per heavy atom. The summed E-state index contributed by atoms with van der Waals surface area (Å²) in [5, 5.41) is 4.24. The monoisotopic (exact) mass is 258 g/mol. The van der Waals surface area contributed by atoms with Crippen LogP contribution in [0.1, 0.15) is 25.7 Å². The van der Waals surface area contributed by atoms with E-state index in [1.807, 2.05) is 11.8 Å². The molecule has 6 heteroatoms. The molecule has 0 saturated carbocycles. The second-order valence-electron chi connectivity index (χ2n) is 4.33. The molecule has 0 aliphatic carbocycles. The van der Waals surface area contributed by atoms with E-state index in [1.165, 1.54) is 17.3 Å². The minimum Gasteiger partial charge on any atom is -0.358 e. The highest BCUT2D eigenvalue weighted by Gasteiger charge is 2.24. The van der Waals surface area contributed by atoms with E-state index in [2.05, 4.69) is 40.5 Å². The first kappa shape index (κ1) is 12.1. The van der Waals surface area contributed by atoms with E-state index in [4.69, 9.17) is 0 Å². The number of thioether (sulfide) groups is 1. The van der Waals surface area contributed by atoms with Crippen LogP contribution >= 0.6 is 23.3 Å². The first-order valence-corrected chi connectivity index (χ1v) is 7.47. The number of hydrogen-bond acceptors (Lipinski definition) is 6. The zero-order chi connectivity index (χ0) is 11.5. The molecule has 4 nitrogen and oxygen atoms in total. The van der Waals surface area contributed by atoms with Gasteiger partial charge in [-0.05, 0) is 20.9 Å². The van der Waals surface area contributed by atoms with Gasteiger partial charge in [-0.25, -0.2) is 4.98 Å². The Hall–Kier alpha value is -0.330. The third-order valence-electron chi connectivity index (χ3n) is 2.55. The van der Waals surface area contributed by atoms with Gasteiger partial charge in [0.2, 0.25) is 5.13 Å². The first-order valence-electron chi connectivity index (χ1n) is 5.55. The average molecular weight is 258 g/mol. The molecule has 16 heavy (non-hydrogen) atoms. The van der Waals surface area contributed by atoms with Gasteiger partial charge < -0.3 is 5.32 Å². The van der Waals surface area contributed by atoms with Crippen LogP contribution in [0.4, 0.5) is 5.13 Å². The molecule has 0 bridgehead atoms. The molecule has 1 aromatic rings. The van der Waals surface area contributed by atoms with Crippen LogP contribution in [0, 0.1) is 0 Å². The summed E-state index contributed by atoms with van der Waals surface area (Å²) in [5.41, 5.74) is 0. The van der Waals surface area contributed by atoms with Crippen LogP contribution in [-0.4, -0.2) is 45.4 Å². The standard InChI is InChI=1S/C10H18N4S2/c1-7(2)11-10-12-9(13-16-10)8-6-15-5-4-14(8)3/h7-8H,4-6H2,1-3H3,(H,11,12,13). The van der Waals surface area contributed by atoms with Crippen molar-refractivity contribution in [3.05, 3.63) is 5.82 Å². The minimum atomic E-state index is 0.387. The molecule has 1 N–H and O–H groups in total. The predicted octanol–water partition coefficient (Wildman–Crippen LogP) is 2.08. The zero-order valence-corrected chi connectivity index (χ0v) is 11.6. The van der Waals surface area contributed by atoms with Gasteiger partial charge in [0, 0.05) is 35.6 Å². The summed E-state index contributed by atoms with van der Waals surface area (Å²) in [6.45, 7) is 5.36. The zero-order valence-electron chi connectivity index (χ0n) is 9.93. The van der Waals surface area contributed by atoms with Gasteiger partial charge in [0.05, 0.1) is 6.04 Å². The molecule has 1 aromatic heterocycles. The van der Waals surface area contributed by atoms with E-state index >= 15 is 0 Å². The molecule has 0 radical (unpaired) electrons. The van der Waals surface area contributed by atoms with E-state index < -0.39 is 0 Å². The molecule has 0 amide bonds. The number of nitrogens with zero attached hydrogens (tertiary/aromatic N) is 3. The Kier molecular flexibility index (Phi) is 4.05. The number of aromatic nitrogens is 2. The molecule has 1 fully saturated rings. The van der Waals surface area contributed by atoms with E-state index in [1.54, 1.807) is 0 Å². The van der Waals surface area contributed by atoms with Crippen LogP contribution in [0.2, 0.25) is 0 Å². The summed E-state index contributed by atoms with van der Waals surface area (Å²) >= 11 is 3.45. The summed E-state index contributed by atoms with van der Waals surface area (Å²) in [6.07, 6.45) is 0. The molecule has 1 unspecified atom stereocenters. The maximum absolute atomic E-state index is 4.57. The van der Waals surface area contributed by atoms with Crippen molar-refractivity contribution < 1.29 is 0 Å². The second-order valence-corrected chi connectivity index (χ2v) is 6.23. The SMILES string of the molecule is CC(C)Nc1nc(C2CSCCN2C)ns1. The van der Waals surface area contributed by atoms with Crippen LogP contribution in [0.25, 0.3) is 0 Å². The van der Waals surface area contributed by atoms with Crippen molar-refractivity contribution in [2.75, 3.05) is 30.4 Å². The fourth-order valence-electron chi connectivity index (χ4n) is 1.63. The summed E-state index contributed by atoms with van der Waals surface area (Å²) < 4.78 is 4.46. The van der Waals surface area contributed by atoms with Crippen molar-refractivity contribution in [3.8, 4) is 0 Å². The molecule has 2 rings (SSSR count). The number of hydrogen-bond donors (Lipinski definition) is 1. The van der Waals surface area contributed by atoms with Gasteiger partial charge in [-0.3, -0.25) is 4.90 Å². The molecule has 1 atom stereocenters. The lowest BCUT2D eigenvalue weighted by molar-refractivity contribution is 0.266. The van der Waals surface area contributed by atoms with Crippen molar-refractivity contribution in [2.45, 2.75) is 25.9 Å². The van der Waals surface area contributed by atoms with Gasteiger partial charge in [-0.15, -0.1) is 0 Å². The quantitative estimate of drug-likeness (QED) is 0.899. The fourth-order valence-corrected chi connectivity index (χ4v) is 3.61. The highest BCUT2D eigenvalue weighted by atomic mass is 32.2. The number of rotatable bonds is 3. The van der Waals surface area contributed by atoms with Crippen LogP contribution in [0.3, 0.4) is 0 Å². The van der Waals surface area contributed by atoms with E-state index in [-0.39, 0.29) is 0 Å². The van der Waals surface area contributed by atoms with Crippen molar-refractivity contribution in [2.24, 2.45) is 0 Å². The minimum absolute atomic E-state index is 0.387. The lowest BCUT2D eigenvalue weighted by Gasteiger charge is -2.29. The Bertz CT molecular complexity index is 339. The smallest absolute Gasteiger partial charge is 0.202 e. The second kappa shape index (κ2) is 5.33. The Labute approximate surface area is 105 Å². The van der Waals surface area contributed by atoms with Crippen LogP contribution < -0.4 is 5.32 Å². The molecule has 1 saturated heterocycles. The van der Waals surface area contributed by atoms with E-state index in [0.29, 0.717) is 12.1 Å². The largest absolute Gasteiger partial charge is 0.358 e. The van der Waals surface area contributed by atoms with E-state index in [9.17, 15) is 0 Å². The molecule has 1 aliphatic rings. The molecule has 2 heterocycles. The molecular formula is C10H18N4S2. The van der Waals surface area contributed by atoms with Gasteiger partial charge >= 0.3 is 0 Å². The summed E-state index contributed by atoms with van der Waals surface area (Å²) in [4.78, 5) is 6.91. The lowest BCUT2D eigenvalue weighted by Crippen LogP contribution is -2.33. The molecular weight excluding hydrogens is 240 g/mol. The van der Waals surface area contributed by atoms with Crippen molar-refractivity contribution in [3.63, 3.8) is 0 Å². The van der Waals surface area contributed by atoms with Crippen LogP contribution in [0.15, 0.2) is 0 Å². The third-order valence-corrected chi connectivity index (χ3v) is 4.23. The highest BCUT2D eigenvalue weighted by molar-refractivity contribution is 7.99.